The Hall–Kier alpha value is -1.64. The molecule has 7 nitrogen and oxygen atoms in total. The summed E-state index contributed by atoms with van der Waals surface area (Å²) in [6.07, 6.45) is -0.183. The second-order valence-corrected chi connectivity index (χ2v) is 9.20. The Kier molecular flexibility index (Phi) is 6.31. The minimum atomic E-state index is -3.77. The predicted molar refractivity (Wildman–Crippen MR) is 97.2 cm³/mol. The minimum Gasteiger partial charge on any atom is -0.449 e. The lowest BCUT2D eigenvalue weighted by atomic mass is 9.94. The molecule has 1 aliphatic heterocycles. The molecule has 1 amide bonds. The van der Waals surface area contributed by atoms with Gasteiger partial charge in [0.1, 0.15) is 0 Å². The molecule has 2 rings (SSSR count). The van der Waals surface area contributed by atoms with Gasteiger partial charge in [-0.15, -0.1) is 0 Å². The zero-order valence-electron chi connectivity index (χ0n) is 14.9. The third kappa shape index (κ3) is 4.55. The highest BCUT2D eigenvalue weighted by Crippen LogP contribution is 2.29. The molecule has 0 bridgehead atoms. The lowest BCUT2D eigenvalue weighted by Crippen LogP contribution is -2.42. The highest BCUT2D eigenvalue weighted by molar-refractivity contribution is 7.89. The van der Waals surface area contributed by atoms with E-state index in [1.54, 1.807) is 0 Å². The van der Waals surface area contributed by atoms with E-state index in [0.29, 0.717) is 13.1 Å². The standard InChI is InChI=1S/C17H23ClN2O5S/c1-10-6-11(2)9-20(8-10)26(23,24)13-4-5-15(18)14(7-13)17(22)25-12(3)16(19)21/h4-5,7,10-12H,6,8-9H2,1-3H3,(H2,19,21)/t10-,11-,12+/m1/s1. The van der Waals surface area contributed by atoms with Crippen LogP contribution in [0.2, 0.25) is 5.02 Å². The van der Waals surface area contributed by atoms with Gasteiger partial charge < -0.3 is 10.5 Å². The van der Waals surface area contributed by atoms with Crippen LogP contribution in [0.3, 0.4) is 0 Å². The molecule has 0 radical (unpaired) electrons. The van der Waals surface area contributed by atoms with Crippen molar-refractivity contribution in [1.29, 1.82) is 0 Å². The number of benzene rings is 1. The SMILES string of the molecule is C[C@@H]1C[C@@H](C)CN(S(=O)(=O)c2ccc(Cl)c(C(=O)O[C@@H](C)C(N)=O)c2)C1. The summed E-state index contributed by atoms with van der Waals surface area (Å²) in [5.74, 6) is -1.21. The monoisotopic (exact) mass is 402 g/mol. The van der Waals surface area contributed by atoms with Crippen LogP contribution >= 0.6 is 11.6 Å². The number of primary amides is 1. The van der Waals surface area contributed by atoms with Crippen molar-refractivity contribution in [3.8, 4) is 0 Å². The van der Waals surface area contributed by atoms with Crippen LogP contribution in [0.5, 0.6) is 0 Å². The summed E-state index contributed by atoms with van der Waals surface area (Å²) in [4.78, 5) is 23.2. The molecular formula is C17H23ClN2O5S. The smallest absolute Gasteiger partial charge is 0.340 e. The summed E-state index contributed by atoms with van der Waals surface area (Å²) < 4.78 is 32.2. The Morgan fingerprint density at radius 3 is 2.38 bits per heavy atom. The number of amides is 1. The Morgan fingerprint density at radius 1 is 1.27 bits per heavy atom. The van der Waals surface area contributed by atoms with Gasteiger partial charge in [-0.05, 0) is 43.4 Å². The van der Waals surface area contributed by atoms with Crippen molar-refractivity contribution < 1.29 is 22.7 Å². The van der Waals surface area contributed by atoms with Crippen LogP contribution in [0.25, 0.3) is 0 Å². The Labute approximate surface area is 158 Å². The summed E-state index contributed by atoms with van der Waals surface area (Å²) in [6, 6.07) is 3.87. The molecule has 1 heterocycles. The van der Waals surface area contributed by atoms with Crippen molar-refractivity contribution in [2.75, 3.05) is 13.1 Å². The Balaban J connectivity index is 2.33. The molecule has 0 spiro atoms. The molecule has 0 aliphatic carbocycles. The fraction of sp³-hybridized carbons (Fsp3) is 0.529. The Morgan fingerprint density at radius 2 is 1.85 bits per heavy atom. The number of carbonyl (C=O) groups excluding carboxylic acids is 2. The summed E-state index contributed by atoms with van der Waals surface area (Å²) in [7, 11) is -3.77. The number of nitrogens with two attached hydrogens (primary N) is 1. The van der Waals surface area contributed by atoms with Gasteiger partial charge in [0.2, 0.25) is 10.0 Å². The largest absolute Gasteiger partial charge is 0.449 e. The van der Waals surface area contributed by atoms with Crippen molar-refractivity contribution in [3.63, 3.8) is 0 Å². The number of esters is 1. The number of hydrogen-bond donors (Lipinski definition) is 1. The molecule has 1 aromatic carbocycles. The van der Waals surface area contributed by atoms with Crippen molar-refractivity contribution in [2.45, 2.75) is 38.2 Å². The van der Waals surface area contributed by atoms with Crippen LogP contribution in [0, 0.1) is 11.8 Å². The molecule has 1 saturated heterocycles. The highest BCUT2D eigenvalue weighted by atomic mass is 35.5. The molecule has 1 aromatic rings. The van der Waals surface area contributed by atoms with Gasteiger partial charge in [0.15, 0.2) is 6.10 Å². The van der Waals surface area contributed by atoms with Crippen molar-refractivity contribution >= 4 is 33.5 Å². The minimum absolute atomic E-state index is 0.0333. The number of rotatable bonds is 5. The second kappa shape index (κ2) is 7.94. The maximum atomic E-state index is 13.0. The van der Waals surface area contributed by atoms with E-state index in [1.165, 1.54) is 29.4 Å². The zero-order valence-corrected chi connectivity index (χ0v) is 16.5. The van der Waals surface area contributed by atoms with Gasteiger partial charge in [0, 0.05) is 13.1 Å². The van der Waals surface area contributed by atoms with E-state index in [1.807, 2.05) is 13.8 Å². The van der Waals surface area contributed by atoms with Crippen LogP contribution < -0.4 is 5.73 Å². The van der Waals surface area contributed by atoms with Crippen molar-refractivity contribution in [2.24, 2.45) is 17.6 Å². The van der Waals surface area contributed by atoms with E-state index in [-0.39, 0.29) is 27.3 Å². The van der Waals surface area contributed by atoms with Gasteiger partial charge in [-0.2, -0.15) is 4.31 Å². The summed E-state index contributed by atoms with van der Waals surface area (Å²) >= 11 is 6.01. The number of halogens is 1. The van der Waals surface area contributed by atoms with Crippen LogP contribution in [-0.4, -0.2) is 43.8 Å². The van der Waals surface area contributed by atoms with Gasteiger partial charge in [0.25, 0.3) is 5.91 Å². The van der Waals surface area contributed by atoms with Gasteiger partial charge in [-0.1, -0.05) is 25.4 Å². The fourth-order valence-corrected chi connectivity index (χ4v) is 4.96. The van der Waals surface area contributed by atoms with E-state index in [2.05, 4.69) is 0 Å². The summed E-state index contributed by atoms with van der Waals surface area (Å²) in [5.41, 5.74) is 4.95. The van der Waals surface area contributed by atoms with E-state index in [4.69, 9.17) is 22.1 Å². The van der Waals surface area contributed by atoms with Crippen LogP contribution in [-0.2, 0) is 19.6 Å². The molecule has 3 atom stereocenters. The van der Waals surface area contributed by atoms with Gasteiger partial charge in [0.05, 0.1) is 15.5 Å². The van der Waals surface area contributed by atoms with Crippen molar-refractivity contribution in [1.82, 2.24) is 4.31 Å². The van der Waals surface area contributed by atoms with Crippen LogP contribution in [0.15, 0.2) is 23.1 Å². The maximum absolute atomic E-state index is 13.0. The van der Waals surface area contributed by atoms with E-state index in [0.717, 1.165) is 6.42 Å². The quantitative estimate of drug-likeness (QED) is 0.758. The molecule has 0 aromatic heterocycles. The number of nitrogens with zero attached hydrogens (tertiary/aromatic N) is 1. The first-order chi connectivity index (χ1) is 12.0. The topological polar surface area (TPSA) is 107 Å². The van der Waals surface area contributed by atoms with Crippen molar-refractivity contribution in [3.05, 3.63) is 28.8 Å². The number of ether oxygens (including phenoxy) is 1. The Bertz CT molecular complexity index is 801. The third-order valence-electron chi connectivity index (χ3n) is 4.32. The van der Waals surface area contributed by atoms with Crippen LogP contribution in [0.1, 0.15) is 37.6 Å². The predicted octanol–water partition coefficient (Wildman–Crippen LogP) is 2.04. The average Bonchev–Trinajstić information content (AvgIpc) is 2.53. The first kappa shape index (κ1) is 20.7. The number of sulfonamides is 1. The summed E-state index contributed by atoms with van der Waals surface area (Å²) in [5, 5.41) is 0.0333. The fourth-order valence-electron chi connectivity index (χ4n) is 3.05. The molecule has 144 valence electrons. The van der Waals surface area contributed by atoms with E-state index < -0.39 is 28.0 Å². The highest BCUT2D eigenvalue weighted by Gasteiger charge is 2.32. The first-order valence-corrected chi connectivity index (χ1v) is 10.1. The zero-order chi connectivity index (χ0) is 19.6. The molecule has 1 aliphatic rings. The number of hydrogen-bond acceptors (Lipinski definition) is 5. The van der Waals surface area contributed by atoms with Gasteiger partial charge in [-0.3, -0.25) is 4.79 Å². The number of carbonyl (C=O) groups is 2. The lowest BCUT2D eigenvalue weighted by molar-refractivity contribution is -0.125. The van der Waals surface area contributed by atoms with Gasteiger partial charge >= 0.3 is 5.97 Å². The normalized spacial score (nSPS) is 22.6. The second-order valence-electron chi connectivity index (χ2n) is 6.86. The van der Waals surface area contributed by atoms with Gasteiger partial charge in [-0.25, -0.2) is 13.2 Å². The average molecular weight is 403 g/mol. The lowest BCUT2D eigenvalue weighted by Gasteiger charge is -2.34. The van der Waals surface area contributed by atoms with E-state index >= 15 is 0 Å². The molecule has 1 fully saturated rings. The molecule has 9 heteroatoms. The van der Waals surface area contributed by atoms with Crippen LogP contribution in [0.4, 0.5) is 0 Å². The molecule has 26 heavy (non-hydrogen) atoms. The van der Waals surface area contributed by atoms with E-state index in [9.17, 15) is 18.0 Å². The third-order valence-corrected chi connectivity index (χ3v) is 6.47. The molecule has 0 saturated carbocycles. The number of piperidine rings is 1. The maximum Gasteiger partial charge on any atom is 0.340 e. The molecular weight excluding hydrogens is 380 g/mol. The molecule has 0 unspecified atom stereocenters. The first-order valence-electron chi connectivity index (χ1n) is 8.32. The molecule has 2 N–H and O–H groups in total. The summed E-state index contributed by atoms with van der Waals surface area (Å²) in [6.45, 7) is 6.19.